The van der Waals surface area contributed by atoms with E-state index in [0.29, 0.717) is 41.3 Å². The molecule has 1 heterocycles. The lowest BCUT2D eigenvalue weighted by atomic mass is 10.1. The van der Waals surface area contributed by atoms with E-state index in [1.54, 1.807) is 11.0 Å². The van der Waals surface area contributed by atoms with Crippen molar-refractivity contribution in [2.45, 2.75) is 25.5 Å². The molecule has 168 valence electrons. The van der Waals surface area contributed by atoms with Gasteiger partial charge < -0.3 is 14.2 Å². The predicted molar refractivity (Wildman–Crippen MR) is 130 cm³/mol. The second-order valence-corrected chi connectivity index (χ2v) is 8.39. The van der Waals surface area contributed by atoms with Gasteiger partial charge in [-0.2, -0.15) is 0 Å². The highest BCUT2D eigenvalue weighted by Crippen LogP contribution is 2.38. The average Bonchev–Trinajstić information content (AvgIpc) is 3.07. The third-order valence-corrected chi connectivity index (χ3v) is 6.17. The Balaban J connectivity index is 1.80. The lowest BCUT2D eigenvalue weighted by molar-refractivity contribution is -0.126. The molecule has 2 aromatic carbocycles. The summed E-state index contributed by atoms with van der Waals surface area (Å²) >= 11 is 7.83. The Bertz CT molecular complexity index is 1030. The minimum absolute atomic E-state index is 0.0185. The normalized spacial score (nSPS) is 16.8. The van der Waals surface area contributed by atoms with Gasteiger partial charge in [0.05, 0.1) is 29.7 Å². The number of benzene rings is 2. The largest absolute Gasteiger partial charge is 0.494 e. The molecule has 0 saturated carbocycles. The molecule has 32 heavy (non-hydrogen) atoms. The lowest BCUT2D eigenvalue weighted by Gasteiger charge is -2.15. The number of nitrogens with zero attached hydrogens (tertiary/aromatic N) is 2. The molecule has 1 aliphatic heterocycles. The number of carbonyl (C=O) groups is 1. The van der Waals surface area contributed by atoms with Crippen molar-refractivity contribution in [3.63, 3.8) is 0 Å². The third-order valence-electron chi connectivity index (χ3n) is 4.72. The first kappa shape index (κ1) is 23.8. The Morgan fingerprint density at radius 3 is 2.59 bits per heavy atom. The zero-order valence-corrected chi connectivity index (χ0v) is 19.8. The molecule has 0 radical (unpaired) electrons. The number of hydrogen-bond acceptors (Lipinski definition) is 6. The monoisotopic (exact) mass is 472 g/mol. The van der Waals surface area contributed by atoms with Gasteiger partial charge in [0.1, 0.15) is 12.4 Å². The maximum absolute atomic E-state index is 13.0. The maximum Gasteiger partial charge on any atom is 0.242 e. The molecule has 1 aliphatic rings. The summed E-state index contributed by atoms with van der Waals surface area (Å²) in [6, 6.07) is 11.1. The third kappa shape index (κ3) is 5.50. The smallest absolute Gasteiger partial charge is 0.242 e. The maximum atomic E-state index is 13.0. The highest BCUT2D eigenvalue weighted by atomic mass is 35.5. The van der Waals surface area contributed by atoms with E-state index in [9.17, 15) is 4.79 Å². The van der Waals surface area contributed by atoms with Gasteiger partial charge in [-0.15, -0.1) is 6.42 Å². The molecule has 0 aliphatic carbocycles. The molecule has 0 bridgehead atoms. The van der Waals surface area contributed by atoms with Crippen LogP contribution in [0.15, 0.2) is 41.4 Å². The van der Waals surface area contributed by atoms with Gasteiger partial charge in [-0.25, -0.2) is 4.99 Å². The fourth-order valence-corrected chi connectivity index (χ4v) is 4.82. The van der Waals surface area contributed by atoms with E-state index >= 15 is 0 Å². The van der Waals surface area contributed by atoms with Crippen LogP contribution in [-0.2, 0) is 11.2 Å². The van der Waals surface area contributed by atoms with Gasteiger partial charge in [-0.1, -0.05) is 29.3 Å². The van der Waals surface area contributed by atoms with Crippen LogP contribution in [0.2, 0.25) is 5.02 Å². The molecule has 1 saturated heterocycles. The summed E-state index contributed by atoms with van der Waals surface area (Å²) in [5.74, 6) is 4.09. The van der Waals surface area contributed by atoms with Crippen LogP contribution < -0.4 is 14.2 Å². The van der Waals surface area contributed by atoms with Gasteiger partial charge in [0, 0.05) is 6.54 Å². The van der Waals surface area contributed by atoms with Crippen molar-refractivity contribution >= 4 is 40.1 Å². The minimum atomic E-state index is -0.311. The molecular weight excluding hydrogens is 448 g/mol. The number of amidine groups is 1. The fourth-order valence-electron chi connectivity index (χ4n) is 3.27. The number of ether oxygens (including phenoxy) is 3. The summed E-state index contributed by atoms with van der Waals surface area (Å²) < 4.78 is 16.4. The Hall–Kier alpha value is -2.82. The summed E-state index contributed by atoms with van der Waals surface area (Å²) in [6.07, 6.45) is 5.75. The first-order chi connectivity index (χ1) is 15.5. The molecular formula is C24H25ClN2O4S. The second kappa shape index (κ2) is 11.2. The summed E-state index contributed by atoms with van der Waals surface area (Å²) in [4.78, 5) is 19.4. The van der Waals surface area contributed by atoms with Crippen LogP contribution in [0.3, 0.4) is 0 Å². The first-order valence-electron chi connectivity index (χ1n) is 10.2. The number of carbonyl (C=O) groups excluding carboxylic acids is 1. The van der Waals surface area contributed by atoms with Gasteiger partial charge >= 0.3 is 0 Å². The molecule has 1 fully saturated rings. The molecule has 0 N–H and O–H groups in total. The number of rotatable bonds is 9. The van der Waals surface area contributed by atoms with Crippen LogP contribution in [-0.4, -0.2) is 48.1 Å². The van der Waals surface area contributed by atoms with Gasteiger partial charge in [0.25, 0.3) is 0 Å². The Morgan fingerprint density at radius 1 is 1.22 bits per heavy atom. The zero-order valence-electron chi connectivity index (χ0n) is 18.3. The molecule has 1 amide bonds. The first-order valence-corrected chi connectivity index (χ1v) is 11.5. The summed E-state index contributed by atoms with van der Waals surface area (Å²) in [5.41, 5.74) is 1.63. The Kier molecular flexibility index (Phi) is 8.32. The van der Waals surface area contributed by atoms with E-state index in [0.717, 1.165) is 17.0 Å². The van der Waals surface area contributed by atoms with Crippen molar-refractivity contribution in [3.05, 3.63) is 47.0 Å². The lowest BCUT2D eigenvalue weighted by Crippen LogP contribution is -2.32. The summed E-state index contributed by atoms with van der Waals surface area (Å²) in [6.45, 7) is 5.11. The van der Waals surface area contributed by atoms with Crippen molar-refractivity contribution in [2.75, 3.05) is 26.9 Å². The average molecular weight is 473 g/mol. The molecule has 3 rings (SSSR count). The topological polar surface area (TPSA) is 60.4 Å². The van der Waals surface area contributed by atoms with Crippen LogP contribution in [0.5, 0.6) is 17.2 Å². The molecule has 0 spiro atoms. The summed E-state index contributed by atoms with van der Waals surface area (Å²) in [5, 5.41) is 0.758. The van der Waals surface area contributed by atoms with Crippen molar-refractivity contribution < 1.29 is 19.0 Å². The molecule has 1 atom stereocenters. The number of methoxy groups -OCH3 is 1. The number of amides is 1. The predicted octanol–water partition coefficient (Wildman–Crippen LogP) is 4.95. The minimum Gasteiger partial charge on any atom is -0.494 e. The van der Waals surface area contributed by atoms with E-state index in [1.165, 1.54) is 18.9 Å². The fraction of sp³-hybridized carbons (Fsp3) is 0.333. The van der Waals surface area contributed by atoms with Crippen LogP contribution >= 0.6 is 23.4 Å². The molecule has 6 nitrogen and oxygen atoms in total. The van der Waals surface area contributed by atoms with Gasteiger partial charge in [-0.3, -0.25) is 9.69 Å². The summed E-state index contributed by atoms with van der Waals surface area (Å²) in [7, 11) is 1.54. The van der Waals surface area contributed by atoms with E-state index in [-0.39, 0.29) is 17.8 Å². The number of thioether (sulfide) groups is 1. The number of hydrogen-bond donors (Lipinski definition) is 0. The van der Waals surface area contributed by atoms with Crippen molar-refractivity contribution in [1.29, 1.82) is 0 Å². The quantitative estimate of drug-likeness (QED) is 0.483. The highest BCUT2D eigenvalue weighted by molar-refractivity contribution is 8.15. The standard InChI is InChI=1S/C24H25ClN2O4S/c1-5-12-31-22-19(25)13-16(14-20(22)29-4)15-21-23(28)27(6-2)24(32-21)26-17-8-10-18(11-9-17)30-7-3/h1,8-11,13-14,21H,6-7,12,15H2,2-4H3/t21-/m1/s1. The van der Waals surface area contributed by atoms with Crippen molar-refractivity contribution in [1.82, 2.24) is 4.90 Å². The van der Waals surface area contributed by atoms with Crippen LogP contribution in [0.25, 0.3) is 0 Å². The van der Waals surface area contributed by atoms with Crippen LogP contribution in [0.1, 0.15) is 19.4 Å². The second-order valence-electron chi connectivity index (χ2n) is 6.82. The molecule has 0 unspecified atom stereocenters. The van der Waals surface area contributed by atoms with Crippen LogP contribution in [0, 0.1) is 12.3 Å². The van der Waals surface area contributed by atoms with E-state index < -0.39 is 0 Å². The van der Waals surface area contributed by atoms with Gasteiger partial charge in [-0.05, 0) is 62.2 Å². The number of terminal acetylenes is 1. The van der Waals surface area contributed by atoms with Crippen molar-refractivity contribution in [2.24, 2.45) is 4.99 Å². The van der Waals surface area contributed by atoms with E-state index in [2.05, 4.69) is 5.92 Å². The molecule has 0 aromatic heterocycles. The van der Waals surface area contributed by atoms with Crippen molar-refractivity contribution in [3.8, 4) is 29.6 Å². The highest BCUT2D eigenvalue weighted by Gasteiger charge is 2.37. The van der Waals surface area contributed by atoms with Crippen LogP contribution in [0.4, 0.5) is 5.69 Å². The number of halogens is 1. The molecule has 2 aromatic rings. The molecule has 8 heteroatoms. The van der Waals surface area contributed by atoms with E-state index in [1.807, 2.05) is 44.2 Å². The zero-order chi connectivity index (χ0) is 23.1. The number of aliphatic imine (C=N–C) groups is 1. The Morgan fingerprint density at radius 2 is 1.97 bits per heavy atom. The van der Waals surface area contributed by atoms with Gasteiger partial charge in [0.2, 0.25) is 5.91 Å². The van der Waals surface area contributed by atoms with E-state index in [4.69, 9.17) is 37.2 Å². The Labute approximate surface area is 197 Å². The van der Waals surface area contributed by atoms with Gasteiger partial charge in [0.15, 0.2) is 16.7 Å². The SMILES string of the molecule is C#CCOc1c(Cl)cc(C[C@H]2SC(=Nc3ccc(OCC)cc3)N(CC)C2=O)cc1OC.